The van der Waals surface area contributed by atoms with E-state index in [4.69, 9.17) is 9.72 Å². The van der Waals surface area contributed by atoms with Crippen molar-refractivity contribution in [2.45, 2.75) is 44.8 Å². The van der Waals surface area contributed by atoms with Crippen LogP contribution in [0.15, 0.2) is 29.6 Å². The van der Waals surface area contributed by atoms with Gasteiger partial charge in [0.05, 0.1) is 16.0 Å². The molecule has 6 nitrogen and oxygen atoms in total. The van der Waals surface area contributed by atoms with Gasteiger partial charge < -0.3 is 14.2 Å². The number of imidazole rings is 1. The average Bonchev–Trinajstić information content (AvgIpc) is 3.46. The summed E-state index contributed by atoms with van der Waals surface area (Å²) in [6.07, 6.45) is 4.06. The first kappa shape index (κ1) is 17.8. The lowest BCUT2D eigenvalue weighted by Gasteiger charge is -2.33. The maximum atomic E-state index is 12.7. The molecule has 0 N–H and O–H groups in total. The molecule has 2 saturated heterocycles. The third-order valence-electron chi connectivity index (χ3n) is 5.80. The standard InChI is InChI=1S/C21H24N4O2S/c1-14-22-17(13-28-14)21(26)24-10-8-15(9-11-24)25-18-6-3-2-5-16(18)23-20(25)19-7-4-12-27-19/h2-3,5-6,13,15,19H,4,7-12H2,1H3. The summed E-state index contributed by atoms with van der Waals surface area (Å²) in [4.78, 5) is 23.9. The number of ether oxygens (including phenoxy) is 1. The maximum Gasteiger partial charge on any atom is 0.273 e. The molecule has 5 rings (SSSR count). The zero-order chi connectivity index (χ0) is 19.1. The number of aryl methyl sites for hydroxylation is 1. The molecule has 1 amide bonds. The highest BCUT2D eigenvalue weighted by atomic mass is 32.1. The molecule has 0 saturated carbocycles. The van der Waals surface area contributed by atoms with E-state index in [0.29, 0.717) is 11.7 Å². The van der Waals surface area contributed by atoms with Crippen LogP contribution in [0.25, 0.3) is 11.0 Å². The number of nitrogens with zero attached hydrogens (tertiary/aromatic N) is 4. The minimum absolute atomic E-state index is 0.0534. The Morgan fingerprint density at radius 3 is 2.71 bits per heavy atom. The van der Waals surface area contributed by atoms with Gasteiger partial charge in [-0.1, -0.05) is 12.1 Å². The number of rotatable bonds is 3. The molecule has 7 heteroatoms. The predicted octanol–water partition coefficient (Wildman–Crippen LogP) is 4.13. The molecule has 2 aromatic heterocycles. The van der Waals surface area contributed by atoms with Gasteiger partial charge in [-0.2, -0.15) is 0 Å². The van der Waals surface area contributed by atoms with Crippen LogP contribution in [-0.2, 0) is 4.74 Å². The first-order valence-corrected chi connectivity index (χ1v) is 10.9. The summed E-state index contributed by atoms with van der Waals surface area (Å²) >= 11 is 1.53. The van der Waals surface area contributed by atoms with Crippen LogP contribution in [0.5, 0.6) is 0 Å². The number of hydrogen-bond donors (Lipinski definition) is 0. The molecule has 0 radical (unpaired) electrons. The summed E-state index contributed by atoms with van der Waals surface area (Å²) in [6.45, 7) is 4.24. The lowest BCUT2D eigenvalue weighted by atomic mass is 10.0. The van der Waals surface area contributed by atoms with E-state index in [2.05, 4.69) is 27.8 Å². The van der Waals surface area contributed by atoms with E-state index in [1.54, 1.807) is 0 Å². The Morgan fingerprint density at radius 2 is 2.00 bits per heavy atom. The number of thiazole rings is 1. The van der Waals surface area contributed by atoms with Gasteiger partial charge in [-0.3, -0.25) is 4.79 Å². The Labute approximate surface area is 168 Å². The van der Waals surface area contributed by atoms with Crippen molar-refractivity contribution in [3.8, 4) is 0 Å². The van der Waals surface area contributed by atoms with Gasteiger partial charge in [-0.15, -0.1) is 11.3 Å². The minimum Gasteiger partial charge on any atom is -0.370 e. The fraction of sp³-hybridized carbons (Fsp3) is 0.476. The van der Waals surface area contributed by atoms with Crippen LogP contribution in [0, 0.1) is 6.92 Å². The number of benzene rings is 1. The van der Waals surface area contributed by atoms with E-state index in [1.807, 2.05) is 23.3 Å². The van der Waals surface area contributed by atoms with Crippen LogP contribution < -0.4 is 0 Å². The Bertz CT molecular complexity index is 997. The Balaban J connectivity index is 1.39. The summed E-state index contributed by atoms with van der Waals surface area (Å²) < 4.78 is 8.35. The van der Waals surface area contributed by atoms with E-state index < -0.39 is 0 Å². The average molecular weight is 397 g/mol. The highest BCUT2D eigenvalue weighted by molar-refractivity contribution is 7.09. The number of carbonyl (C=O) groups excluding carboxylic acids is 1. The number of fused-ring (bicyclic) bond motifs is 1. The second-order valence-electron chi connectivity index (χ2n) is 7.61. The molecule has 3 aromatic rings. The van der Waals surface area contributed by atoms with Gasteiger partial charge in [-0.25, -0.2) is 9.97 Å². The minimum atomic E-state index is 0.0534. The summed E-state index contributed by atoms with van der Waals surface area (Å²) in [5.74, 6) is 1.11. The quantitative estimate of drug-likeness (QED) is 0.668. The summed E-state index contributed by atoms with van der Waals surface area (Å²) in [5, 5.41) is 2.80. The second-order valence-corrected chi connectivity index (χ2v) is 8.67. The molecule has 0 aliphatic carbocycles. The number of para-hydroxylation sites is 2. The number of likely N-dealkylation sites (tertiary alicyclic amines) is 1. The molecule has 2 aliphatic rings. The lowest BCUT2D eigenvalue weighted by Crippen LogP contribution is -2.39. The van der Waals surface area contributed by atoms with Crippen molar-refractivity contribution >= 4 is 28.3 Å². The third kappa shape index (κ3) is 3.12. The summed E-state index contributed by atoms with van der Waals surface area (Å²) in [5.41, 5.74) is 2.78. The van der Waals surface area contributed by atoms with Gasteiger partial charge >= 0.3 is 0 Å². The Kier molecular flexibility index (Phi) is 4.64. The zero-order valence-corrected chi connectivity index (χ0v) is 16.8. The smallest absolute Gasteiger partial charge is 0.273 e. The topological polar surface area (TPSA) is 60.2 Å². The molecule has 2 fully saturated rings. The van der Waals surface area contributed by atoms with Crippen LogP contribution in [0.3, 0.4) is 0 Å². The van der Waals surface area contributed by atoms with Crippen molar-refractivity contribution in [2.75, 3.05) is 19.7 Å². The van der Waals surface area contributed by atoms with E-state index in [1.165, 1.54) is 16.9 Å². The largest absolute Gasteiger partial charge is 0.370 e. The fourth-order valence-electron chi connectivity index (χ4n) is 4.41. The van der Waals surface area contributed by atoms with Crippen molar-refractivity contribution in [3.05, 3.63) is 46.2 Å². The first-order chi connectivity index (χ1) is 13.7. The molecular formula is C21H24N4O2S. The molecule has 28 heavy (non-hydrogen) atoms. The normalized spacial score (nSPS) is 20.9. The van der Waals surface area contributed by atoms with Gasteiger partial charge in [0.25, 0.3) is 5.91 Å². The van der Waals surface area contributed by atoms with Crippen molar-refractivity contribution < 1.29 is 9.53 Å². The second kappa shape index (κ2) is 7.29. The van der Waals surface area contributed by atoms with E-state index in [0.717, 1.165) is 61.7 Å². The SMILES string of the molecule is Cc1nc(C(=O)N2CCC(n3c(C4CCCO4)nc4ccccc43)CC2)cs1. The maximum absolute atomic E-state index is 12.7. The van der Waals surface area contributed by atoms with Gasteiger partial charge in [0.2, 0.25) is 0 Å². The molecule has 146 valence electrons. The monoisotopic (exact) mass is 396 g/mol. The lowest BCUT2D eigenvalue weighted by molar-refractivity contribution is 0.0677. The van der Waals surface area contributed by atoms with E-state index in [9.17, 15) is 4.79 Å². The van der Waals surface area contributed by atoms with Crippen molar-refractivity contribution in [2.24, 2.45) is 0 Å². The molecule has 0 spiro atoms. The van der Waals surface area contributed by atoms with Crippen molar-refractivity contribution in [1.29, 1.82) is 0 Å². The summed E-state index contributed by atoms with van der Waals surface area (Å²) in [6, 6.07) is 8.68. The first-order valence-electron chi connectivity index (χ1n) is 10.0. The molecule has 4 heterocycles. The van der Waals surface area contributed by atoms with E-state index in [-0.39, 0.29) is 12.0 Å². The number of piperidine rings is 1. The summed E-state index contributed by atoms with van der Waals surface area (Å²) in [7, 11) is 0. The zero-order valence-electron chi connectivity index (χ0n) is 16.0. The Hall–Kier alpha value is -2.25. The highest BCUT2D eigenvalue weighted by Crippen LogP contribution is 2.36. The molecular weight excluding hydrogens is 372 g/mol. The van der Waals surface area contributed by atoms with Crippen LogP contribution >= 0.6 is 11.3 Å². The van der Waals surface area contributed by atoms with Crippen molar-refractivity contribution in [1.82, 2.24) is 19.4 Å². The van der Waals surface area contributed by atoms with Crippen molar-refractivity contribution in [3.63, 3.8) is 0 Å². The van der Waals surface area contributed by atoms with Gasteiger partial charge in [0.15, 0.2) is 0 Å². The number of carbonyl (C=O) groups is 1. The van der Waals surface area contributed by atoms with Crippen LogP contribution in [0.1, 0.15) is 59.1 Å². The van der Waals surface area contributed by atoms with Gasteiger partial charge in [0, 0.05) is 31.1 Å². The fourth-order valence-corrected chi connectivity index (χ4v) is 4.99. The molecule has 1 aromatic carbocycles. The van der Waals surface area contributed by atoms with Crippen LogP contribution in [0.2, 0.25) is 0 Å². The predicted molar refractivity (Wildman–Crippen MR) is 109 cm³/mol. The van der Waals surface area contributed by atoms with Gasteiger partial charge in [0.1, 0.15) is 17.6 Å². The third-order valence-corrected chi connectivity index (χ3v) is 6.57. The highest BCUT2D eigenvalue weighted by Gasteiger charge is 2.31. The van der Waals surface area contributed by atoms with Gasteiger partial charge in [-0.05, 0) is 44.7 Å². The Morgan fingerprint density at radius 1 is 1.18 bits per heavy atom. The van der Waals surface area contributed by atoms with Crippen LogP contribution in [0.4, 0.5) is 0 Å². The number of amides is 1. The molecule has 2 aliphatic heterocycles. The number of hydrogen-bond acceptors (Lipinski definition) is 5. The molecule has 0 bridgehead atoms. The number of aromatic nitrogens is 3. The van der Waals surface area contributed by atoms with E-state index >= 15 is 0 Å². The van der Waals surface area contributed by atoms with Crippen LogP contribution in [-0.4, -0.2) is 45.0 Å². The molecule has 1 unspecified atom stereocenters. The molecule has 1 atom stereocenters.